The summed E-state index contributed by atoms with van der Waals surface area (Å²) in [6, 6.07) is 16.0. The molecule has 2 amide bonds. The van der Waals surface area contributed by atoms with Crippen LogP contribution in [0.15, 0.2) is 60.9 Å². The highest BCUT2D eigenvalue weighted by atomic mass is 16.2. The van der Waals surface area contributed by atoms with Gasteiger partial charge >= 0.3 is 6.03 Å². The lowest BCUT2D eigenvalue weighted by molar-refractivity contribution is 0.251. The number of fused-ring (bicyclic) bond motifs is 1. The van der Waals surface area contributed by atoms with Crippen molar-refractivity contribution in [3.8, 4) is 0 Å². The molecule has 4 rings (SSSR count). The second-order valence-electron chi connectivity index (χ2n) is 6.09. The Bertz CT molecular complexity index is 893. The third kappa shape index (κ3) is 3.37. The number of carbonyl (C=O) groups is 1. The highest BCUT2D eigenvalue weighted by Gasteiger charge is 2.22. The summed E-state index contributed by atoms with van der Waals surface area (Å²) in [5.41, 5.74) is 4.33. The number of hydrogen-bond donors (Lipinski definition) is 2. The number of urea groups is 1. The molecule has 3 aromatic rings. The van der Waals surface area contributed by atoms with E-state index in [9.17, 15) is 4.79 Å². The zero-order valence-corrected chi connectivity index (χ0v) is 14.3. The van der Waals surface area contributed by atoms with Crippen LogP contribution in [0.5, 0.6) is 0 Å². The molecule has 1 aromatic heterocycles. The van der Waals surface area contributed by atoms with Crippen molar-refractivity contribution < 1.29 is 4.79 Å². The van der Waals surface area contributed by atoms with Crippen LogP contribution in [0.1, 0.15) is 5.56 Å². The first-order chi connectivity index (χ1) is 12.8. The van der Waals surface area contributed by atoms with E-state index in [4.69, 9.17) is 0 Å². The quantitative estimate of drug-likeness (QED) is 0.743. The van der Waals surface area contributed by atoms with Gasteiger partial charge in [0.2, 0.25) is 0 Å². The molecule has 0 unspecified atom stereocenters. The van der Waals surface area contributed by atoms with Gasteiger partial charge < -0.3 is 15.5 Å². The number of anilines is 3. The molecule has 2 heterocycles. The van der Waals surface area contributed by atoms with Crippen LogP contribution in [0.3, 0.4) is 0 Å². The van der Waals surface area contributed by atoms with Crippen LogP contribution < -0.4 is 15.5 Å². The molecule has 0 fully saturated rings. The van der Waals surface area contributed by atoms with E-state index in [1.807, 2.05) is 30.3 Å². The zero-order valence-electron chi connectivity index (χ0n) is 14.3. The van der Waals surface area contributed by atoms with Gasteiger partial charge in [0.1, 0.15) is 0 Å². The van der Waals surface area contributed by atoms with Gasteiger partial charge in [0.15, 0.2) is 0 Å². The second-order valence-corrected chi connectivity index (χ2v) is 6.09. The third-order valence-electron chi connectivity index (χ3n) is 4.43. The van der Waals surface area contributed by atoms with E-state index in [1.165, 1.54) is 11.3 Å². The highest BCUT2D eigenvalue weighted by Crippen LogP contribution is 2.37. The Morgan fingerprint density at radius 2 is 1.88 bits per heavy atom. The first-order valence-corrected chi connectivity index (χ1v) is 8.65. The minimum atomic E-state index is -0.231. The molecule has 0 saturated heterocycles. The van der Waals surface area contributed by atoms with E-state index in [-0.39, 0.29) is 6.03 Å². The Hall–Kier alpha value is -3.35. The Morgan fingerprint density at radius 3 is 2.73 bits per heavy atom. The van der Waals surface area contributed by atoms with Gasteiger partial charge in [-0.3, -0.25) is 4.68 Å². The molecule has 1 aliphatic heterocycles. The lowest BCUT2D eigenvalue weighted by Crippen LogP contribution is -2.32. The lowest BCUT2D eigenvalue weighted by atomic mass is 10.2. The highest BCUT2D eigenvalue weighted by molar-refractivity contribution is 5.94. The van der Waals surface area contributed by atoms with Gasteiger partial charge in [-0.15, -0.1) is 5.10 Å². The van der Waals surface area contributed by atoms with Crippen LogP contribution in [0.2, 0.25) is 0 Å². The first-order valence-electron chi connectivity index (χ1n) is 8.65. The molecule has 0 aliphatic carbocycles. The van der Waals surface area contributed by atoms with Crippen molar-refractivity contribution in [3.63, 3.8) is 0 Å². The van der Waals surface area contributed by atoms with E-state index in [0.29, 0.717) is 13.1 Å². The summed E-state index contributed by atoms with van der Waals surface area (Å²) < 4.78 is 1.68. The van der Waals surface area contributed by atoms with Crippen molar-refractivity contribution in [2.75, 3.05) is 23.3 Å². The van der Waals surface area contributed by atoms with E-state index in [2.05, 4.69) is 44.0 Å². The molecule has 26 heavy (non-hydrogen) atoms. The molecule has 0 radical (unpaired) electrons. The average molecular weight is 348 g/mol. The van der Waals surface area contributed by atoms with Crippen molar-refractivity contribution in [2.45, 2.75) is 13.0 Å². The summed E-state index contributed by atoms with van der Waals surface area (Å²) in [7, 11) is 0. The number of rotatable bonds is 5. The van der Waals surface area contributed by atoms with Gasteiger partial charge in [0, 0.05) is 25.0 Å². The fraction of sp³-hybridized carbons (Fsp3) is 0.211. The van der Waals surface area contributed by atoms with Crippen molar-refractivity contribution in [1.82, 2.24) is 20.3 Å². The smallest absolute Gasteiger partial charge is 0.319 e. The molecule has 2 aromatic carbocycles. The van der Waals surface area contributed by atoms with Gasteiger partial charge in [-0.25, -0.2) is 4.79 Å². The predicted octanol–water partition coefficient (Wildman–Crippen LogP) is 2.79. The van der Waals surface area contributed by atoms with Crippen molar-refractivity contribution in [1.29, 1.82) is 0 Å². The largest absolute Gasteiger partial charge is 0.339 e. The molecular weight excluding hydrogens is 328 g/mol. The van der Waals surface area contributed by atoms with E-state index in [1.54, 1.807) is 17.1 Å². The van der Waals surface area contributed by atoms with E-state index < -0.39 is 0 Å². The molecule has 0 spiro atoms. The van der Waals surface area contributed by atoms with Crippen molar-refractivity contribution >= 4 is 23.1 Å². The summed E-state index contributed by atoms with van der Waals surface area (Å²) in [6.45, 7) is 1.96. The number of aromatic nitrogens is 3. The Kier molecular flexibility index (Phi) is 4.51. The lowest BCUT2D eigenvalue weighted by Gasteiger charge is -2.23. The van der Waals surface area contributed by atoms with Gasteiger partial charge in [-0.1, -0.05) is 35.5 Å². The van der Waals surface area contributed by atoms with E-state index >= 15 is 0 Å². The average Bonchev–Trinajstić information content (AvgIpc) is 3.32. The van der Waals surface area contributed by atoms with Gasteiger partial charge in [-0.2, -0.15) is 0 Å². The maximum Gasteiger partial charge on any atom is 0.319 e. The van der Waals surface area contributed by atoms with Crippen molar-refractivity contribution in [3.05, 3.63) is 66.5 Å². The Balaban J connectivity index is 1.44. The normalized spacial score (nSPS) is 12.7. The SMILES string of the molecule is O=C(NCCn1ccnn1)Nc1ccccc1N1CCc2ccccc21. The number of amides is 2. The fourth-order valence-electron chi connectivity index (χ4n) is 3.21. The monoisotopic (exact) mass is 348 g/mol. The summed E-state index contributed by atoms with van der Waals surface area (Å²) in [5.74, 6) is 0. The molecule has 1 aliphatic rings. The summed E-state index contributed by atoms with van der Waals surface area (Å²) in [6.07, 6.45) is 4.39. The molecule has 0 atom stereocenters. The summed E-state index contributed by atoms with van der Waals surface area (Å²) >= 11 is 0. The van der Waals surface area contributed by atoms with Gasteiger partial charge in [0.05, 0.1) is 24.1 Å². The number of nitrogens with one attached hydrogen (secondary N) is 2. The minimum Gasteiger partial charge on any atom is -0.339 e. The molecule has 2 N–H and O–H groups in total. The molecule has 0 saturated carbocycles. The van der Waals surface area contributed by atoms with Crippen LogP contribution in [-0.4, -0.2) is 34.1 Å². The number of benzene rings is 2. The Labute approximate surface area is 151 Å². The molecule has 132 valence electrons. The van der Waals surface area contributed by atoms with Crippen LogP contribution >= 0.6 is 0 Å². The number of hydrogen-bond acceptors (Lipinski definition) is 4. The standard InChI is InChI=1S/C19H20N6O/c26-19(20-10-13-24-14-11-21-23-24)22-16-6-2-4-8-18(16)25-12-9-15-5-1-3-7-17(15)25/h1-8,11,14H,9-10,12-13H2,(H2,20,22,26). The first kappa shape index (κ1) is 16.1. The van der Waals surface area contributed by atoms with Gasteiger partial charge in [-0.05, 0) is 30.2 Å². The van der Waals surface area contributed by atoms with Crippen LogP contribution in [0.4, 0.5) is 21.9 Å². The Morgan fingerprint density at radius 1 is 1.08 bits per heavy atom. The topological polar surface area (TPSA) is 75.1 Å². The zero-order chi connectivity index (χ0) is 17.8. The summed E-state index contributed by atoms with van der Waals surface area (Å²) in [5, 5.41) is 13.4. The van der Waals surface area contributed by atoms with E-state index in [0.717, 1.165) is 24.3 Å². The third-order valence-corrected chi connectivity index (χ3v) is 4.43. The maximum atomic E-state index is 12.3. The van der Waals surface area contributed by atoms with Crippen LogP contribution in [0, 0.1) is 0 Å². The molecule has 7 heteroatoms. The molecule has 0 bridgehead atoms. The van der Waals surface area contributed by atoms with Crippen LogP contribution in [-0.2, 0) is 13.0 Å². The van der Waals surface area contributed by atoms with Gasteiger partial charge in [0.25, 0.3) is 0 Å². The predicted molar refractivity (Wildman–Crippen MR) is 101 cm³/mol. The maximum absolute atomic E-state index is 12.3. The van der Waals surface area contributed by atoms with Crippen LogP contribution in [0.25, 0.3) is 0 Å². The van der Waals surface area contributed by atoms with Crippen molar-refractivity contribution in [2.24, 2.45) is 0 Å². The number of nitrogens with zero attached hydrogens (tertiary/aromatic N) is 4. The number of carbonyl (C=O) groups excluding carboxylic acids is 1. The molecular formula is C19H20N6O. The fourth-order valence-corrected chi connectivity index (χ4v) is 3.21. The second kappa shape index (κ2) is 7.26. The number of para-hydroxylation sites is 3. The summed E-state index contributed by atoms with van der Waals surface area (Å²) in [4.78, 5) is 14.5. The minimum absolute atomic E-state index is 0.231. The molecule has 7 nitrogen and oxygen atoms in total.